The lowest BCUT2D eigenvalue weighted by Gasteiger charge is -2.10. The number of benzene rings is 1. The predicted molar refractivity (Wildman–Crippen MR) is 110 cm³/mol. The molecule has 26 heavy (non-hydrogen) atoms. The smallest absolute Gasteiger partial charge is 0.142 e. The average molecular weight is 360 g/mol. The van der Waals surface area contributed by atoms with Gasteiger partial charge in [0.15, 0.2) is 0 Å². The molecule has 130 valence electrons. The summed E-state index contributed by atoms with van der Waals surface area (Å²) in [4.78, 5) is 9.18. The molecular formula is C21H21N4P. The van der Waals surface area contributed by atoms with Gasteiger partial charge in [-0.05, 0) is 51.2 Å². The highest BCUT2D eigenvalue weighted by Crippen LogP contribution is 2.25. The Bertz CT molecular complexity index is 1040. The van der Waals surface area contributed by atoms with Gasteiger partial charge in [0.2, 0.25) is 0 Å². The Labute approximate surface area is 155 Å². The lowest BCUT2D eigenvalue weighted by atomic mass is 10.0. The molecule has 0 aliphatic heterocycles. The average Bonchev–Trinajstić information content (AvgIpc) is 2.99. The Balaban J connectivity index is 1.52. The second-order valence-electron chi connectivity index (χ2n) is 6.39. The molecule has 0 bridgehead atoms. The van der Waals surface area contributed by atoms with Gasteiger partial charge in [-0.3, -0.25) is 0 Å². The van der Waals surface area contributed by atoms with Crippen LogP contribution in [0.5, 0.6) is 0 Å². The van der Waals surface area contributed by atoms with E-state index in [-0.39, 0.29) is 0 Å². The summed E-state index contributed by atoms with van der Waals surface area (Å²) in [6.07, 6.45) is 4.80. The van der Waals surface area contributed by atoms with Crippen molar-refractivity contribution in [3.05, 3.63) is 89.4 Å². The Kier molecular flexibility index (Phi) is 4.68. The third-order valence-electron chi connectivity index (χ3n) is 4.56. The van der Waals surface area contributed by atoms with Gasteiger partial charge in [-0.1, -0.05) is 36.4 Å². The maximum Gasteiger partial charge on any atom is 0.142 e. The summed E-state index contributed by atoms with van der Waals surface area (Å²) in [7, 11) is 2.70. The molecule has 0 fully saturated rings. The van der Waals surface area contributed by atoms with Crippen LogP contribution in [0.4, 0.5) is 5.82 Å². The standard InChI is InChI=1S/C21H21N4P/c1-15-17(12-18-14-25(26)21-19(18)8-5-11-22-21)9-10-20(24-15)23-13-16-6-3-2-4-7-16/h2-11,14H,12-13,26H2,1H3,(H,23,24). The molecule has 4 nitrogen and oxygen atoms in total. The fourth-order valence-corrected chi connectivity index (χ4v) is 3.55. The first kappa shape index (κ1) is 16.7. The number of pyridine rings is 2. The van der Waals surface area contributed by atoms with Gasteiger partial charge in [-0.15, -0.1) is 0 Å². The number of fused-ring (bicyclic) bond motifs is 1. The predicted octanol–water partition coefficient (Wildman–Crippen LogP) is 4.58. The zero-order valence-corrected chi connectivity index (χ0v) is 15.8. The summed E-state index contributed by atoms with van der Waals surface area (Å²) in [6, 6.07) is 18.7. The minimum Gasteiger partial charge on any atom is -0.366 e. The van der Waals surface area contributed by atoms with Gasteiger partial charge in [0.05, 0.1) is 0 Å². The van der Waals surface area contributed by atoms with E-state index in [9.17, 15) is 0 Å². The van der Waals surface area contributed by atoms with E-state index in [1.165, 1.54) is 22.1 Å². The van der Waals surface area contributed by atoms with Crippen LogP contribution >= 0.6 is 9.39 Å². The summed E-state index contributed by atoms with van der Waals surface area (Å²) in [5.41, 5.74) is 5.78. The number of rotatable bonds is 5. The van der Waals surface area contributed by atoms with E-state index in [1.54, 1.807) is 0 Å². The monoisotopic (exact) mass is 360 g/mol. The highest BCUT2D eigenvalue weighted by Gasteiger charge is 2.10. The number of aryl methyl sites for hydroxylation is 1. The topological polar surface area (TPSA) is 42.7 Å². The molecule has 4 rings (SSSR count). The van der Waals surface area contributed by atoms with E-state index in [1.807, 2.05) is 22.7 Å². The molecule has 3 heterocycles. The van der Waals surface area contributed by atoms with Crippen molar-refractivity contribution in [1.82, 2.24) is 14.3 Å². The summed E-state index contributed by atoms with van der Waals surface area (Å²) in [6.45, 7) is 2.85. The molecule has 0 aliphatic rings. The lowest BCUT2D eigenvalue weighted by Crippen LogP contribution is -2.03. The number of anilines is 1. The van der Waals surface area contributed by atoms with Crippen molar-refractivity contribution in [1.29, 1.82) is 0 Å². The van der Waals surface area contributed by atoms with Gasteiger partial charge >= 0.3 is 0 Å². The molecule has 0 saturated carbocycles. The van der Waals surface area contributed by atoms with E-state index < -0.39 is 0 Å². The van der Waals surface area contributed by atoms with Crippen LogP contribution in [0.3, 0.4) is 0 Å². The van der Waals surface area contributed by atoms with Crippen LogP contribution in [0, 0.1) is 6.92 Å². The van der Waals surface area contributed by atoms with Crippen molar-refractivity contribution < 1.29 is 0 Å². The van der Waals surface area contributed by atoms with Crippen molar-refractivity contribution in [3.8, 4) is 0 Å². The molecule has 0 aliphatic carbocycles. The minimum absolute atomic E-state index is 0.777. The zero-order valence-electron chi connectivity index (χ0n) is 14.7. The first-order valence-electron chi connectivity index (χ1n) is 8.65. The zero-order chi connectivity index (χ0) is 17.9. The Hall–Kier alpha value is -2.71. The van der Waals surface area contributed by atoms with Crippen molar-refractivity contribution in [2.45, 2.75) is 19.9 Å². The maximum absolute atomic E-state index is 4.73. The number of nitrogens with one attached hydrogen (secondary N) is 1. The Morgan fingerprint density at radius 2 is 1.85 bits per heavy atom. The van der Waals surface area contributed by atoms with Gasteiger partial charge in [-0.25, -0.2) is 9.97 Å². The minimum atomic E-state index is 0.777. The van der Waals surface area contributed by atoms with Gasteiger partial charge in [0.25, 0.3) is 0 Å². The SMILES string of the molecule is Cc1nc(NCc2ccccc2)ccc1Cc1cn(P)c2ncccc12. The fraction of sp³-hybridized carbons (Fsp3) is 0.143. The van der Waals surface area contributed by atoms with E-state index in [0.717, 1.165) is 30.1 Å². The molecule has 5 heteroatoms. The molecule has 1 atom stereocenters. The first-order valence-corrected chi connectivity index (χ1v) is 9.17. The number of aromatic nitrogens is 3. The quantitative estimate of drug-likeness (QED) is 0.530. The van der Waals surface area contributed by atoms with Crippen molar-refractivity contribution in [3.63, 3.8) is 0 Å². The largest absolute Gasteiger partial charge is 0.366 e. The molecule has 0 amide bonds. The molecule has 0 saturated heterocycles. The Morgan fingerprint density at radius 1 is 1.00 bits per heavy atom. The van der Waals surface area contributed by atoms with Crippen LogP contribution in [-0.4, -0.2) is 14.3 Å². The van der Waals surface area contributed by atoms with Gasteiger partial charge in [-0.2, -0.15) is 0 Å². The third-order valence-corrected chi connectivity index (χ3v) is 4.96. The fourth-order valence-electron chi connectivity index (χ4n) is 3.16. The number of hydrogen-bond donors (Lipinski definition) is 1. The van der Waals surface area contributed by atoms with Crippen LogP contribution in [-0.2, 0) is 13.0 Å². The summed E-state index contributed by atoms with van der Waals surface area (Å²) in [5.74, 6) is 0.908. The molecule has 0 spiro atoms. The van der Waals surface area contributed by atoms with Gasteiger partial charge in [0, 0.05) is 36.4 Å². The van der Waals surface area contributed by atoms with E-state index in [2.05, 4.69) is 75.3 Å². The Morgan fingerprint density at radius 3 is 2.65 bits per heavy atom. The normalized spacial score (nSPS) is 11.0. The first-order chi connectivity index (χ1) is 12.7. The van der Waals surface area contributed by atoms with E-state index in [0.29, 0.717) is 0 Å². The van der Waals surface area contributed by atoms with Gasteiger partial charge < -0.3 is 9.65 Å². The van der Waals surface area contributed by atoms with Crippen LogP contribution < -0.4 is 5.32 Å². The summed E-state index contributed by atoms with van der Waals surface area (Å²) >= 11 is 0. The van der Waals surface area contributed by atoms with Crippen molar-refractivity contribution >= 4 is 26.2 Å². The van der Waals surface area contributed by atoms with E-state index in [4.69, 9.17) is 4.98 Å². The molecule has 3 aromatic heterocycles. The van der Waals surface area contributed by atoms with Crippen LogP contribution in [0.25, 0.3) is 11.0 Å². The maximum atomic E-state index is 4.73. The third kappa shape index (κ3) is 3.47. The van der Waals surface area contributed by atoms with Crippen molar-refractivity contribution in [2.75, 3.05) is 5.32 Å². The second-order valence-corrected chi connectivity index (χ2v) is 6.95. The summed E-state index contributed by atoms with van der Waals surface area (Å²) in [5, 5.41) is 4.59. The number of hydrogen-bond acceptors (Lipinski definition) is 3. The van der Waals surface area contributed by atoms with Crippen LogP contribution in [0.2, 0.25) is 0 Å². The lowest BCUT2D eigenvalue weighted by molar-refractivity contribution is 1.05. The van der Waals surface area contributed by atoms with Crippen LogP contribution in [0.1, 0.15) is 22.4 Å². The molecule has 1 aromatic carbocycles. The molecular weight excluding hydrogens is 339 g/mol. The number of nitrogens with zero attached hydrogens (tertiary/aromatic N) is 3. The molecule has 0 radical (unpaired) electrons. The van der Waals surface area contributed by atoms with Gasteiger partial charge in [0.1, 0.15) is 11.5 Å². The molecule has 1 unspecified atom stereocenters. The summed E-state index contributed by atoms with van der Waals surface area (Å²) < 4.78 is 2.00. The highest BCUT2D eigenvalue weighted by atomic mass is 31.0. The van der Waals surface area contributed by atoms with Crippen LogP contribution in [0.15, 0.2) is 67.0 Å². The molecule has 1 N–H and O–H groups in total. The van der Waals surface area contributed by atoms with Crippen molar-refractivity contribution in [2.24, 2.45) is 0 Å². The highest BCUT2D eigenvalue weighted by molar-refractivity contribution is 7.14. The second kappa shape index (κ2) is 7.27. The molecule has 4 aromatic rings. The van der Waals surface area contributed by atoms with E-state index >= 15 is 0 Å².